The van der Waals surface area contributed by atoms with Crippen molar-refractivity contribution in [2.75, 3.05) is 0 Å². The molecule has 0 radical (unpaired) electrons. The molecule has 0 fully saturated rings. The third-order valence-corrected chi connectivity index (χ3v) is 1.30. The van der Waals surface area contributed by atoms with Crippen LogP contribution in [0.15, 0.2) is 29.6 Å². The van der Waals surface area contributed by atoms with E-state index < -0.39 is 0 Å². The molecule has 4 heteroatoms. The van der Waals surface area contributed by atoms with Gasteiger partial charge in [-0.1, -0.05) is 0 Å². The normalized spacial score (nSPS) is 9.08. The van der Waals surface area contributed by atoms with Gasteiger partial charge in [-0.05, 0) is 26.0 Å². The largest absolute Gasteiger partial charge is 0.272 e. The van der Waals surface area contributed by atoms with Gasteiger partial charge in [0.25, 0.3) is 5.91 Å². The summed E-state index contributed by atoms with van der Waals surface area (Å²) in [7, 11) is 0. The summed E-state index contributed by atoms with van der Waals surface area (Å²) in [6, 6.07) is 3.39. The second-order valence-corrected chi connectivity index (χ2v) is 2.74. The van der Waals surface area contributed by atoms with Crippen LogP contribution in [0, 0.1) is 0 Å². The maximum absolute atomic E-state index is 11.3. The third-order valence-electron chi connectivity index (χ3n) is 1.30. The summed E-state index contributed by atoms with van der Waals surface area (Å²) in [5.41, 5.74) is 3.72. The summed E-state index contributed by atoms with van der Waals surface area (Å²) in [6.07, 6.45) is 3.11. The summed E-state index contributed by atoms with van der Waals surface area (Å²) >= 11 is 0. The van der Waals surface area contributed by atoms with Gasteiger partial charge in [0, 0.05) is 18.1 Å². The van der Waals surface area contributed by atoms with Crippen molar-refractivity contribution in [1.29, 1.82) is 0 Å². The van der Waals surface area contributed by atoms with E-state index in [0.29, 0.717) is 5.56 Å². The van der Waals surface area contributed by atoms with Gasteiger partial charge in [-0.2, -0.15) is 5.10 Å². The number of hydrogen-bond donors (Lipinski definition) is 1. The van der Waals surface area contributed by atoms with Gasteiger partial charge in [-0.3, -0.25) is 9.78 Å². The van der Waals surface area contributed by atoms with Crippen molar-refractivity contribution < 1.29 is 4.79 Å². The average Bonchev–Trinajstić information content (AvgIpc) is 2.15. The highest BCUT2D eigenvalue weighted by Gasteiger charge is 2.01. The molecule has 1 amide bonds. The highest BCUT2D eigenvalue weighted by atomic mass is 16.2. The number of pyridine rings is 1. The molecule has 0 bridgehead atoms. The number of rotatable bonds is 2. The van der Waals surface area contributed by atoms with Gasteiger partial charge in [0.2, 0.25) is 0 Å². The van der Waals surface area contributed by atoms with Crippen molar-refractivity contribution in [3.05, 3.63) is 30.1 Å². The van der Waals surface area contributed by atoms with E-state index in [-0.39, 0.29) is 5.91 Å². The van der Waals surface area contributed by atoms with Crippen molar-refractivity contribution in [3.8, 4) is 0 Å². The Morgan fingerprint density at radius 3 is 2.85 bits per heavy atom. The minimum absolute atomic E-state index is 0.241. The fraction of sp³-hybridized carbons (Fsp3) is 0.222. The van der Waals surface area contributed by atoms with E-state index in [1.54, 1.807) is 18.3 Å². The van der Waals surface area contributed by atoms with E-state index in [1.165, 1.54) is 6.20 Å². The topological polar surface area (TPSA) is 54.4 Å². The van der Waals surface area contributed by atoms with E-state index in [4.69, 9.17) is 0 Å². The van der Waals surface area contributed by atoms with Crippen LogP contribution in [0.4, 0.5) is 0 Å². The molecule has 0 spiro atoms. The minimum Gasteiger partial charge on any atom is -0.267 e. The van der Waals surface area contributed by atoms with Gasteiger partial charge < -0.3 is 0 Å². The lowest BCUT2D eigenvalue weighted by Gasteiger charge is -1.98. The number of carbonyl (C=O) groups excluding carboxylic acids is 1. The zero-order valence-corrected chi connectivity index (χ0v) is 7.61. The predicted octanol–water partition coefficient (Wildman–Crippen LogP) is 1.21. The van der Waals surface area contributed by atoms with Crippen molar-refractivity contribution in [1.82, 2.24) is 10.4 Å². The Hall–Kier alpha value is -1.71. The van der Waals surface area contributed by atoms with E-state index in [1.807, 2.05) is 13.8 Å². The SMILES string of the molecule is CC(C)=NNC(=O)c1cccnc1. The maximum Gasteiger partial charge on any atom is 0.272 e. The molecule has 0 atom stereocenters. The van der Waals surface area contributed by atoms with Crippen LogP contribution < -0.4 is 5.43 Å². The Bertz CT molecular complexity index is 315. The predicted molar refractivity (Wildman–Crippen MR) is 50.5 cm³/mol. The summed E-state index contributed by atoms with van der Waals surface area (Å²) in [5, 5.41) is 3.79. The maximum atomic E-state index is 11.3. The van der Waals surface area contributed by atoms with Crippen LogP contribution in [0.5, 0.6) is 0 Å². The first kappa shape index (κ1) is 9.38. The quantitative estimate of drug-likeness (QED) is 0.545. The van der Waals surface area contributed by atoms with Crippen LogP contribution in [0.25, 0.3) is 0 Å². The lowest BCUT2D eigenvalue weighted by Crippen LogP contribution is -2.18. The second-order valence-electron chi connectivity index (χ2n) is 2.74. The van der Waals surface area contributed by atoms with Crippen LogP contribution in [-0.2, 0) is 0 Å². The van der Waals surface area contributed by atoms with Gasteiger partial charge in [-0.25, -0.2) is 5.43 Å². The molecular formula is C9H11N3O. The molecule has 0 saturated carbocycles. The van der Waals surface area contributed by atoms with Gasteiger partial charge in [0.05, 0.1) is 5.56 Å². The molecule has 1 rings (SSSR count). The van der Waals surface area contributed by atoms with E-state index in [2.05, 4.69) is 15.5 Å². The standard InChI is InChI=1S/C9H11N3O/c1-7(2)11-12-9(13)8-4-3-5-10-6-8/h3-6H,1-2H3,(H,12,13). The molecule has 0 aliphatic rings. The zero-order chi connectivity index (χ0) is 9.68. The first-order valence-electron chi connectivity index (χ1n) is 3.91. The van der Waals surface area contributed by atoms with Gasteiger partial charge in [0.1, 0.15) is 0 Å². The Morgan fingerprint density at radius 2 is 2.31 bits per heavy atom. The molecule has 0 saturated heterocycles. The van der Waals surface area contributed by atoms with Crippen LogP contribution in [0.1, 0.15) is 24.2 Å². The van der Waals surface area contributed by atoms with Crippen LogP contribution >= 0.6 is 0 Å². The Balaban J connectivity index is 2.65. The molecule has 1 aromatic heterocycles. The molecular weight excluding hydrogens is 166 g/mol. The number of aromatic nitrogens is 1. The van der Waals surface area contributed by atoms with Gasteiger partial charge >= 0.3 is 0 Å². The van der Waals surface area contributed by atoms with Crippen molar-refractivity contribution in [3.63, 3.8) is 0 Å². The lowest BCUT2D eigenvalue weighted by molar-refractivity contribution is 0.0954. The molecule has 4 nitrogen and oxygen atoms in total. The van der Waals surface area contributed by atoms with Gasteiger partial charge in [0.15, 0.2) is 0 Å². The third kappa shape index (κ3) is 3.02. The number of nitrogens with zero attached hydrogens (tertiary/aromatic N) is 2. The van der Waals surface area contributed by atoms with Crippen molar-refractivity contribution >= 4 is 11.6 Å². The monoisotopic (exact) mass is 177 g/mol. The minimum atomic E-state index is -0.241. The summed E-state index contributed by atoms with van der Waals surface area (Å²) in [5.74, 6) is -0.241. The summed E-state index contributed by atoms with van der Waals surface area (Å²) < 4.78 is 0. The first-order chi connectivity index (χ1) is 6.20. The molecule has 0 aromatic carbocycles. The lowest BCUT2D eigenvalue weighted by atomic mass is 10.3. The molecule has 1 aromatic rings. The number of amides is 1. The number of hydrazone groups is 1. The molecule has 0 unspecified atom stereocenters. The number of nitrogens with one attached hydrogen (secondary N) is 1. The zero-order valence-electron chi connectivity index (χ0n) is 7.61. The Kier molecular flexibility index (Phi) is 3.14. The number of hydrogen-bond acceptors (Lipinski definition) is 3. The highest BCUT2D eigenvalue weighted by Crippen LogP contribution is 1.94. The van der Waals surface area contributed by atoms with Crippen molar-refractivity contribution in [2.24, 2.45) is 5.10 Å². The van der Waals surface area contributed by atoms with Gasteiger partial charge in [-0.15, -0.1) is 0 Å². The van der Waals surface area contributed by atoms with Crippen molar-refractivity contribution in [2.45, 2.75) is 13.8 Å². The smallest absolute Gasteiger partial charge is 0.267 e. The van der Waals surface area contributed by atoms with Crippen LogP contribution in [0.2, 0.25) is 0 Å². The molecule has 1 N–H and O–H groups in total. The van der Waals surface area contributed by atoms with E-state index in [9.17, 15) is 4.79 Å². The average molecular weight is 177 g/mol. The first-order valence-corrected chi connectivity index (χ1v) is 3.91. The molecule has 13 heavy (non-hydrogen) atoms. The molecule has 68 valence electrons. The fourth-order valence-corrected chi connectivity index (χ4v) is 0.724. The number of carbonyl (C=O) groups is 1. The van der Waals surface area contributed by atoms with Crippen LogP contribution in [0.3, 0.4) is 0 Å². The molecule has 0 aliphatic heterocycles. The highest BCUT2D eigenvalue weighted by molar-refractivity contribution is 5.94. The van der Waals surface area contributed by atoms with E-state index >= 15 is 0 Å². The molecule has 0 aliphatic carbocycles. The summed E-state index contributed by atoms with van der Waals surface area (Å²) in [4.78, 5) is 15.1. The molecule has 1 heterocycles. The fourth-order valence-electron chi connectivity index (χ4n) is 0.724. The van der Waals surface area contributed by atoms with Crippen LogP contribution in [-0.4, -0.2) is 16.6 Å². The summed E-state index contributed by atoms with van der Waals surface area (Å²) in [6.45, 7) is 3.62. The Labute approximate surface area is 76.7 Å². The second kappa shape index (κ2) is 4.35. The van der Waals surface area contributed by atoms with E-state index in [0.717, 1.165) is 5.71 Å². The Morgan fingerprint density at radius 1 is 1.54 bits per heavy atom.